The van der Waals surface area contributed by atoms with Crippen molar-refractivity contribution < 1.29 is 24.2 Å². The van der Waals surface area contributed by atoms with Crippen molar-refractivity contribution in [1.82, 2.24) is 20.3 Å². The molecule has 1 atom stereocenters. The number of carboxylic acid groups (broad SMARTS) is 1. The Kier molecular flexibility index (Phi) is 3.83. The third kappa shape index (κ3) is 3.23. The lowest BCUT2D eigenvalue weighted by atomic mass is 10.1. The van der Waals surface area contributed by atoms with Gasteiger partial charge in [0.05, 0.1) is 12.2 Å². The third-order valence-corrected chi connectivity index (χ3v) is 3.34. The number of carbonyl (C=O) groups excluding carboxylic acids is 1. The van der Waals surface area contributed by atoms with Gasteiger partial charge in [-0.05, 0) is 24.6 Å². The number of carboxylic acids is 1. The number of nitrogens with one attached hydrogen (secondary N) is 1. The summed E-state index contributed by atoms with van der Waals surface area (Å²) in [6, 6.07) is 5.19. The Morgan fingerprint density at radius 3 is 2.91 bits per heavy atom. The summed E-state index contributed by atoms with van der Waals surface area (Å²) in [6.07, 6.45) is 1.20. The van der Waals surface area contributed by atoms with Gasteiger partial charge in [-0.2, -0.15) is 0 Å². The fourth-order valence-electron chi connectivity index (χ4n) is 2.17. The molecule has 1 unspecified atom stereocenters. The predicted octanol–water partition coefficient (Wildman–Crippen LogP) is 0.582. The second kappa shape index (κ2) is 5.95. The van der Waals surface area contributed by atoms with Crippen molar-refractivity contribution in [3.8, 4) is 11.5 Å². The lowest BCUT2D eigenvalue weighted by molar-refractivity contribution is -0.122. The Bertz CT molecular complexity index is 757. The van der Waals surface area contributed by atoms with Crippen molar-refractivity contribution in [1.29, 1.82) is 0 Å². The van der Waals surface area contributed by atoms with Crippen molar-refractivity contribution in [2.45, 2.75) is 19.5 Å². The van der Waals surface area contributed by atoms with Crippen molar-refractivity contribution in [2.75, 3.05) is 6.79 Å². The van der Waals surface area contributed by atoms with Crippen LogP contribution in [0.4, 0.5) is 0 Å². The summed E-state index contributed by atoms with van der Waals surface area (Å²) in [4.78, 5) is 22.7. The minimum absolute atomic E-state index is 0.116. The van der Waals surface area contributed by atoms with Gasteiger partial charge in [-0.25, -0.2) is 9.48 Å². The minimum atomic E-state index is -1.19. The van der Waals surface area contributed by atoms with Crippen molar-refractivity contribution in [3.05, 3.63) is 35.7 Å². The lowest BCUT2D eigenvalue weighted by Crippen LogP contribution is -2.30. The molecule has 1 aromatic heterocycles. The molecule has 120 valence electrons. The Hall–Kier alpha value is -3.10. The van der Waals surface area contributed by atoms with E-state index in [0.29, 0.717) is 11.5 Å². The summed E-state index contributed by atoms with van der Waals surface area (Å²) in [6.45, 7) is 1.91. The zero-order valence-electron chi connectivity index (χ0n) is 12.2. The molecule has 2 heterocycles. The molecule has 2 N–H and O–H groups in total. The van der Waals surface area contributed by atoms with Crippen LogP contribution in [0.15, 0.2) is 24.4 Å². The molecule has 1 amide bonds. The van der Waals surface area contributed by atoms with Gasteiger partial charge in [0.25, 0.3) is 0 Å². The molecule has 1 aliphatic heterocycles. The Morgan fingerprint density at radius 2 is 2.17 bits per heavy atom. The van der Waals surface area contributed by atoms with E-state index in [1.54, 1.807) is 6.07 Å². The Labute approximate surface area is 130 Å². The standard InChI is InChI=1S/C14H14N4O5/c1-8(9-2-3-11-12(4-9)23-7-22-11)15-13(19)6-18-5-10(14(20)21)16-17-18/h2-5,8H,6-7H2,1H3,(H,15,19)(H,20,21). The molecule has 2 aromatic rings. The highest BCUT2D eigenvalue weighted by Gasteiger charge is 2.17. The van der Waals surface area contributed by atoms with Gasteiger partial charge in [0.15, 0.2) is 17.2 Å². The van der Waals surface area contributed by atoms with Crippen molar-refractivity contribution in [3.63, 3.8) is 0 Å². The number of ether oxygens (including phenoxy) is 2. The number of fused-ring (bicyclic) bond motifs is 1. The van der Waals surface area contributed by atoms with Crippen molar-refractivity contribution in [2.24, 2.45) is 0 Å². The van der Waals surface area contributed by atoms with E-state index in [9.17, 15) is 9.59 Å². The van der Waals surface area contributed by atoms with E-state index in [4.69, 9.17) is 14.6 Å². The van der Waals surface area contributed by atoms with E-state index >= 15 is 0 Å². The molecule has 0 fully saturated rings. The zero-order chi connectivity index (χ0) is 16.4. The fourth-order valence-corrected chi connectivity index (χ4v) is 2.17. The lowest BCUT2D eigenvalue weighted by Gasteiger charge is -2.14. The van der Waals surface area contributed by atoms with Crippen LogP contribution in [-0.2, 0) is 11.3 Å². The SMILES string of the molecule is CC(NC(=O)Cn1cc(C(=O)O)nn1)c1ccc2c(c1)OCO2. The number of amides is 1. The summed E-state index contributed by atoms with van der Waals surface area (Å²) in [5, 5.41) is 18.6. The van der Waals surface area contributed by atoms with Gasteiger partial charge in [0.2, 0.25) is 12.7 Å². The highest BCUT2D eigenvalue weighted by molar-refractivity contribution is 5.84. The van der Waals surface area contributed by atoms with Gasteiger partial charge in [-0.15, -0.1) is 5.10 Å². The molecule has 3 rings (SSSR count). The highest BCUT2D eigenvalue weighted by Crippen LogP contribution is 2.34. The molecule has 23 heavy (non-hydrogen) atoms. The molecule has 0 spiro atoms. The summed E-state index contributed by atoms with van der Waals surface area (Å²) < 4.78 is 11.7. The molecule has 0 saturated carbocycles. The van der Waals surface area contributed by atoms with Crippen LogP contribution in [0.3, 0.4) is 0 Å². The smallest absolute Gasteiger partial charge is 0.358 e. The zero-order valence-corrected chi connectivity index (χ0v) is 12.2. The van der Waals surface area contributed by atoms with Gasteiger partial charge in [0.1, 0.15) is 6.54 Å². The van der Waals surface area contributed by atoms with E-state index in [1.807, 2.05) is 19.1 Å². The van der Waals surface area contributed by atoms with Crippen LogP contribution < -0.4 is 14.8 Å². The largest absolute Gasteiger partial charge is 0.476 e. The van der Waals surface area contributed by atoms with E-state index < -0.39 is 5.97 Å². The number of aromatic carboxylic acids is 1. The molecule has 0 bridgehead atoms. The summed E-state index contributed by atoms with van der Waals surface area (Å²) in [7, 11) is 0. The van der Waals surface area contributed by atoms with Crippen LogP contribution in [-0.4, -0.2) is 38.8 Å². The first-order chi connectivity index (χ1) is 11.0. The maximum Gasteiger partial charge on any atom is 0.358 e. The molecule has 0 saturated heterocycles. The number of rotatable bonds is 5. The number of carbonyl (C=O) groups is 2. The van der Waals surface area contributed by atoms with Crippen LogP contribution in [0.1, 0.15) is 29.0 Å². The average molecular weight is 318 g/mol. The molecule has 0 aliphatic carbocycles. The molecule has 1 aliphatic rings. The third-order valence-electron chi connectivity index (χ3n) is 3.34. The molecule has 9 heteroatoms. The average Bonchev–Trinajstić information content (AvgIpc) is 3.14. The van der Waals surface area contributed by atoms with E-state index in [0.717, 1.165) is 5.56 Å². The van der Waals surface area contributed by atoms with Gasteiger partial charge < -0.3 is 19.9 Å². The van der Waals surface area contributed by atoms with E-state index in [2.05, 4.69) is 15.6 Å². The maximum absolute atomic E-state index is 12.0. The predicted molar refractivity (Wildman–Crippen MR) is 76.1 cm³/mol. The maximum atomic E-state index is 12.0. The van der Waals surface area contributed by atoms with Crippen LogP contribution >= 0.6 is 0 Å². The summed E-state index contributed by atoms with van der Waals surface area (Å²) in [5.74, 6) is -0.176. The summed E-state index contributed by atoms with van der Waals surface area (Å²) in [5.41, 5.74) is 0.661. The molecule has 0 radical (unpaired) electrons. The molecule has 9 nitrogen and oxygen atoms in total. The quantitative estimate of drug-likeness (QED) is 0.828. The van der Waals surface area contributed by atoms with Crippen LogP contribution in [0.5, 0.6) is 11.5 Å². The number of hydrogen-bond donors (Lipinski definition) is 2. The fraction of sp³-hybridized carbons (Fsp3) is 0.286. The first kappa shape index (κ1) is 14.8. The van der Waals surface area contributed by atoms with Crippen LogP contribution in [0.2, 0.25) is 0 Å². The van der Waals surface area contributed by atoms with Gasteiger partial charge in [-0.3, -0.25) is 4.79 Å². The molecular formula is C14H14N4O5. The topological polar surface area (TPSA) is 116 Å². The first-order valence-corrected chi connectivity index (χ1v) is 6.85. The second-order valence-corrected chi connectivity index (χ2v) is 5.01. The Morgan fingerprint density at radius 1 is 1.39 bits per heavy atom. The van der Waals surface area contributed by atoms with E-state index in [1.165, 1.54) is 10.9 Å². The number of aromatic nitrogens is 3. The monoisotopic (exact) mass is 318 g/mol. The number of benzene rings is 1. The van der Waals surface area contributed by atoms with Crippen LogP contribution in [0, 0.1) is 0 Å². The number of hydrogen-bond acceptors (Lipinski definition) is 6. The molecule has 1 aromatic carbocycles. The van der Waals surface area contributed by atoms with Crippen molar-refractivity contribution >= 4 is 11.9 Å². The van der Waals surface area contributed by atoms with Crippen LogP contribution in [0.25, 0.3) is 0 Å². The normalized spacial score (nSPS) is 13.6. The first-order valence-electron chi connectivity index (χ1n) is 6.85. The number of nitrogens with zero attached hydrogens (tertiary/aromatic N) is 3. The van der Waals surface area contributed by atoms with Gasteiger partial charge >= 0.3 is 5.97 Å². The van der Waals surface area contributed by atoms with Gasteiger partial charge in [-0.1, -0.05) is 11.3 Å². The summed E-state index contributed by atoms with van der Waals surface area (Å²) >= 11 is 0. The second-order valence-electron chi connectivity index (χ2n) is 5.01. The van der Waals surface area contributed by atoms with Gasteiger partial charge in [0, 0.05) is 0 Å². The highest BCUT2D eigenvalue weighted by atomic mass is 16.7. The van der Waals surface area contributed by atoms with E-state index in [-0.39, 0.29) is 31.0 Å². The Balaban J connectivity index is 1.61. The minimum Gasteiger partial charge on any atom is -0.476 e. The molecular weight excluding hydrogens is 304 g/mol.